The van der Waals surface area contributed by atoms with Crippen molar-refractivity contribution in [3.05, 3.63) is 35.9 Å². The molecule has 0 aliphatic rings. The van der Waals surface area contributed by atoms with Gasteiger partial charge in [0.05, 0.1) is 5.38 Å². The number of halogens is 4. The third-order valence-electron chi connectivity index (χ3n) is 2.46. The zero-order valence-corrected chi connectivity index (χ0v) is 10.9. The average molecular weight is 283 g/mol. The molecule has 96 valence electrons. The van der Waals surface area contributed by atoms with Crippen LogP contribution < -0.4 is 0 Å². The maximum Gasteiger partial charge on any atom is 0.441 e. The minimum atomic E-state index is -4.14. The SMILES string of the molecule is CC(CCSC(F)(F)F)C(Cl)c1ccccc1. The third kappa shape index (κ3) is 5.68. The molecule has 1 rings (SSSR count). The first-order chi connectivity index (χ1) is 7.90. The molecular formula is C12H14ClF3S. The van der Waals surface area contributed by atoms with Gasteiger partial charge >= 0.3 is 5.51 Å². The van der Waals surface area contributed by atoms with Gasteiger partial charge in [-0.15, -0.1) is 11.6 Å². The fourth-order valence-electron chi connectivity index (χ4n) is 1.47. The Kier molecular flexibility index (Phi) is 5.67. The van der Waals surface area contributed by atoms with E-state index in [4.69, 9.17) is 11.6 Å². The largest absolute Gasteiger partial charge is 0.441 e. The lowest BCUT2D eigenvalue weighted by atomic mass is 9.98. The molecule has 0 radical (unpaired) electrons. The fraction of sp³-hybridized carbons (Fsp3) is 0.500. The predicted molar refractivity (Wildman–Crippen MR) is 67.3 cm³/mol. The van der Waals surface area contributed by atoms with E-state index in [1.807, 2.05) is 37.3 Å². The Hall–Kier alpha value is -0.350. The third-order valence-corrected chi connectivity index (χ3v) is 3.91. The minimum absolute atomic E-state index is 0.0159. The molecule has 0 aliphatic carbocycles. The van der Waals surface area contributed by atoms with Gasteiger partial charge in [0.15, 0.2) is 0 Å². The van der Waals surface area contributed by atoms with E-state index in [0.717, 1.165) is 5.56 Å². The van der Waals surface area contributed by atoms with E-state index in [-0.39, 0.29) is 28.8 Å². The molecule has 2 atom stereocenters. The Bertz CT molecular complexity index is 326. The molecule has 5 heteroatoms. The van der Waals surface area contributed by atoms with Gasteiger partial charge in [-0.3, -0.25) is 0 Å². The molecule has 0 heterocycles. The Morgan fingerprint density at radius 3 is 2.35 bits per heavy atom. The smallest absolute Gasteiger partial charge is 0.160 e. The van der Waals surface area contributed by atoms with E-state index in [0.29, 0.717) is 6.42 Å². The Morgan fingerprint density at radius 1 is 1.24 bits per heavy atom. The average Bonchev–Trinajstić information content (AvgIpc) is 2.27. The van der Waals surface area contributed by atoms with E-state index >= 15 is 0 Å². The van der Waals surface area contributed by atoms with Crippen molar-refractivity contribution >= 4 is 23.4 Å². The summed E-state index contributed by atoms with van der Waals surface area (Å²) in [4.78, 5) is 0. The van der Waals surface area contributed by atoms with Crippen LogP contribution in [0.5, 0.6) is 0 Å². The number of hydrogen-bond acceptors (Lipinski definition) is 1. The normalized spacial score (nSPS) is 15.6. The van der Waals surface area contributed by atoms with Crippen LogP contribution in [0.15, 0.2) is 30.3 Å². The van der Waals surface area contributed by atoms with E-state index < -0.39 is 5.51 Å². The second-order valence-corrected chi connectivity index (χ2v) is 5.50. The van der Waals surface area contributed by atoms with Crippen molar-refractivity contribution in [1.29, 1.82) is 0 Å². The molecule has 0 nitrogen and oxygen atoms in total. The Balaban J connectivity index is 2.40. The standard InChI is InChI=1S/C12H14ClF3S/c1-9(7-8-17-12(14,15)16)11(13)10-5-3-2-4-6-10/h2-6,9,11H,7-8H2,1H3. The molecule has 0 saturated heterocycles. The summed E-state index contributed by atoms with van der Waals surface area (Å²) in [7, 11) is 0. The van der Waals surface area contributed by atoms with E-state index in [9.17, 15) is 13.2 Å². The van der Waals surface area contributed by atoms with Crippen LogP contribution in [-0.4, -0.2) is 11.3 Å². The van der Waals surface area contributed by atoms with Crippen molar-refractivity contribution in [2.75, 3.05) is 5.75 Å². The van der Waals surface area contributed by atoms with Crippen molar-refractivity contribution in [3.63, 3.8) is 0 Å². The van der Waals surface area contributed by atoms with Crippen LogP contribution in [0.4, 0.5) is 13.2 Å². The molecule has 0 spiro atoms. The summed E-state index contributed by atoms with van der Waals surface area (Å²) in [6, 6.07) is 9.43. The first-order valence-electron chi connectivity index (χ1n) is 5.30. The maximum atomic E-state index is 12.0. The second-order valence-electron chi connectivity index (χ2n) is 3.87. The molecule has 0 aromatic heterocycles. The molecular weight excluding hydrogens is 269 g/mol. The highest BCUT2D eigenvalue weighted by Gasteiger charge is 2.28. The zero-order chi connectivity index (χ0) is 12.9. The summed E-state index contributed by atoms with van der Waals surface area (Å²) in [5.41, 5.74) is -3.19. The molecule has 0 amide bonds. The monoisotopic (exact) mass is 282 g/mol. The molecule has 17 heavy (non-hydrogen) atoms. The zero-order valence-electron chi connectivity index (χ0n) is 9.38. The lowest BCUT2D eigenvalue weighted by Crippen LogP contribution is -2.08. The van der Waals surface area contributed by atoms with Crippen LogP contribution in [0, 0.1) is 5.92 Å². The van der Waals surface area contributed by atoms with Crippen LogP contribution in [-0.2, 0) is 0 Å². The molecule has 0 aliphatic heterocycles. The number of benzene rings is 1. The van der Waals surface area contributed by atoms with Crippen molar-refractivity contribution in [2.45, 2.75) is 24.2 Å². The highest BCUT2D eigenvalue weighted by Crippen LogP contribution is 2.35. The van der Waals surface area contributed by atoms with Gasteiger partial charge in [0, 0.05) is 5.75 Å². The molecule has 2 unspecified atom stereocenters. The summed E-state index contributed by atoms with van der Waals surface area (Å²) in [5, 5.41) is -0.231. The van der Waals surface area contributed by atoms with Gasteiger partial charge in [-0.1, -0.05) is 49.0 Å². The molecule has 0 N–H and O–H groups in total. The summed E-state index contributed by atoms with van der Waals surface area (Å²) in [6.07, 6.45) is 0.452. The lowest BCUT2D eigenvalue weighted by Gasteiger charge is -2.18. The van der Waals surface area contributed by atoms with Crippen molar-refractivity contribution < 1.29 is 13.2 Å². The molecule has 0 saturated carbocycles. The second kappa shape index (κ2) is 6.55. The van der Waals surface area contributed by atoms with Crippen molar-refractivity contribution in [3.8, 4) is 0 Å². The summed E-state index contributed by atoms with van der Waals surface area (Å²) in [6.45, 7) is 1.88. The van der Waals surface area contributed by atoms with Gasteiger partial charge in [0.25, 0.3) is 0 Å². The van der Waals surface area contributed by atoms with Gasteiger partial charge in [0.2, 0.25) is 0 Å². The molecule has 0 bridgehead atoms. The van der Waals surface area contributed by atoms with E-state index in [1.54, 1.807) is 0 Å². The maximum absolute atomic E-state index is 12.0. The van der Waals surface area contributed by atoms with Gasteiger partial charge in [-0.05, 0) is 17.9 Å². The molecule has 1 aromatic rings. The Morgan fingerprint density at radius 2 is 1.82 bits per heavy atom. The summed E-state index contributed by atoms with van der Waals surface area (Å²) in [5.74, 6) is 0.0784. The number of thioether (sulfide) groups is 1. The molecule has 1 aromatic carbocycles. The number of hydrogen-bond donors (Lipinski definition) is 0. The van der Waals surface area contributed by atoms with Gasteiger partial charge in [-0.25, -0.2) is 0 Å². The first-order valence-corrected chi connectivity index (χ1v) is 6.72. The van der Waals surface area contributed by atoms with Gasteiger partial charge < -0.3 is 0 Å². The van der Waals surface area contributed by atoms with Crippen LogP contribution in [0.1, 0.15) is 24.3 Å². The highest BCUT2D eigenvalue weighted by molar-refractivity contribution is 8.00. The van der Waals surface area contributed by atoms with Gasteiger partial charge in [0.1, 0.15) is 0 Å². The van der Waals surface area contributed by atoms with Crippen LogP contribution in [0.2, 0.25) is 0 Å². The summed E-state index contributed by atoms with van der Waals surface area (Å²) >= 11 is 6.23. The van der Waals surface area contributed by atoms with Crippen LogP contribution >= 0.6 is 23.4 Å². The predicted octanol–water partition coefficient (Wildman–Crippen LogP) is 5.25. The van der Waals surface area contributed by atoms with Crippen molar-refractivity contribution in [1.82, 2.24) is 0 Å². The fourth-order valence-corrected chi connectivity index (χ4v) is 2.46. The van der Waals surface area contributed by atoms with Crippen LogP contribution in [0.3, 0.4) is 0 Å². The minimum Gasteiger partial charge on any atom is -0.160 e. The Labute approximate surface area is 109 Å². The van der Waals surface area contributed by atoms with Crippen molar-refractivity contribution in [2.24, 2.45) is 5.92 Å². The number of rotatable bonds is 5. The summed E-state index contributed by atoms with van der Waals surface area (Å²) < 4.78 is 35.9. The van der Waals surface area contributed by atoms with Crippen LogP contribution in [0.25, 0.3) is 0 Å². The van der Waals surface area contributed by atoms with E-state index in [1.165, 1.54) is 0 Å². The highest BCUT2D eigenvalue weighted by atomic mass is 35.5. The molecule has 0 fully saturated rings. The van der Waals surface area contributed by atoms with E-state index in [2.05, 4.69) is 0 Å². The first kappa shape index (κ1) is 14.7. The topological polar surface area (TPSA) is 0 Å². The number of alkyl halides is 4. The van der Waals surface area contributed by atoms with Gasteiger partial charge in [-0.2, -0.15) is 13.2 Å². The lowest BCUT2D eigenvalue weighted by molar-refractivity contribution is -0.0328. The quantitative estimate of drug-likeness (QED) is 0.665.